The zero-order valence-electron chi connectivity index (χ0n) is 24.1. The summed E-state index contributed by atoms with van der Waals surface area (Å²) in [4.78, 5) is 26.2. The number of methoxy groups -OCH3 is 1. The summed E-state index contributed by atoms with van der Waals surface area (Å²) in [6, 6.07) is 7.96. The Labute approximate surface area is 267 Å². The van der Waals surface area contributed by atoms with Gasteiger partial charge in [0.25, 0.3) is 0 Å². The third-order valence-corrected chi connectivity index (χ3v) is 8.03. The molecule has 0 radical (unpaired) electrons. The zero-order chi connectivity index (χ0) is 32.1. The van der Waals surface area contributed by atoms with Crippen LogP contribution >= 0.6 is 23.2 Å². The lowest BCUT2D eigenvalue weighted by atomic mass is 10.0. The van der Waals surface area contributed by atoms with Gasteiger partial charge >= 0.3 is 18.6 Å². The number of ether oxygens (including phenoxy) is 5. The van der Waals surface area contributed by atoms with Crippen LogP contribution < -0.4 is 29.0 Å². The largest absolute Gasteiger partial charge is 0.619 e. The van der Waals surface area contributed by atoms with Crippen molar-refractivity contribution < 1.29 is 46.8 Å². The summed E-state index contributed by atoms with van der Waals surface area (Å²) in [5.74, 6) is -0.887. The summed E-state index contributed by atoms with van der Waals surface area (Å²) < 4.78 is 54.0. The molecule has 1 aliphatic heterocycles. The molecule has 1 saturated heterocycles. The van der Waals surface area contributed by atoms with E-state index < -0.39 is 30.7 Å². The van der Waals surface area contributed by atoms with E-state index >= 15 is 0 Å². The number of esters is 2. The molecule has 1 N–H and O–H groups in total. The maximum absolute atomic E-state index is 13.6. The second-order valence-corrected chi connectivity index (χ2v) is 11.5. The summed E-state index contributed by atoms with van der Waals surface area (Å²) in [6.45, 7) is -2.09. The number of alkyl halides is 2. The van der Waals surface area contributed by atoms with Crippen LogP contribution in [0.5, 0.6) is 23.0 Å². The molecule has 3 aromatic rings. The third-order valence-electron chi connectivity index (χ3n) is 7.38. The number of nitrogens with zero attached hydrogens (tertiary/aromatic N) is 1. The van der Waals surface area contributed by atoms with Gasteiger partial charge in [0.15, 0.2) is 35.4 Å². The lowest BCUT2D eigenvalue weighted by Crippen LogP contribution is -2.34. The van der Waals surface area contributed by atoms with Gasteiger partial charge in [-0.2, -0.15) is 13.5 Å². The highest BCUT2D eigenvalue weighted by molar-refractivity contribution is 6.35. The Morgan fingerprint density at radius 3 is 2.40 bits per heavy atom. The van der Waals surface area contributed by atoms with Crippen molar-refractivity contribution in [1.29, 1.82) is 0 Å². The predicted octanol–water partition coefficient (Wildman–Crippen LogP) is 5.82. The highest BCUT2D eigenvalue weighted by Gasteiger charge is 2.28. The number of halogens is 4. The molecule has 1 unspecified atom stereocenters. The van der Waals surface area contributed by atoms with E-state index in [1.807, 2.05) is 0 Å². The molecule has 2 fully saturated rings. The molecule has 1 saturated carbocycles. The molecule has 0 amide bonds. The van der Waals surface area contributed by atoms with E-state index in [9.17, 15) is 23.6 Å². The van der Waals surface area contributed by atoms with Gasteiger partial charge in [0.1, 0.15) is 22.2 Å². The summed E-state index contributed by atoms with van der Waals surface area (Å²) in [6.07, 6.45) is 4.41. The van der Waals surface area contributed by atoms with Crippen LogP contribution in [0, 0.1) is 11.1 Å². The Hall–Kier alpha value is -3.87. The maximum atomic E-state index is 13.6. The monoisotopic (exact) mass is 666 g/mol. The average Bonchev–Trinajstić information content (AvgIpc) is 3.66. The molecule has 240 valence electrons. The van der Waals surface area contributed by atoms with Crippen LogP contribution in [0.15, 0.2) is 48.8 Å². The standard InChI is InChI=1S/C31H30Cl2F2N2O8/c1-41-24-8-7-19(12-28(24)44-30(39)23-3-2-10-36-23)29(38)43-26(13-20-21(32)14-37(40)15-22(20)33)18-6-9-25(45-31(34)35)27(11-18)42-16-17-4-5-17/h6-9,11-12,14-15,17,23,26,31,36H,2-5,10,13,16H2,1H3/t23-,26?/m0/s1. The van der Waals surface area contributed by atoms with E-state index in [1.165, 1.54) is 43.5 Å². The first-order chi connectivity index (χ1) is 21.6. The fourth-order valence-corrected chi connectivity index (χ4v) is 5.41. The predicted molar refractivity (Wildman–Crippen MR) is 158 cm³/mol. The minimum Gasteiger partial charge on any atom is -0.619 e. The molecule has 2 atom stereocenters. The molecule has 2 heterocycles. The smallest absolute Gasteiger partial charge is 0.387 e. The van der Waals surface area contributed by atoms with E-state index in [1.54, 1.807) is 0 Å². The minimum atomic E-state index is -3.09. The van der Waals surface area contributed by atoms with E-state index in [-0.39, 0.29) is 45.0 Å². The van der Waals surface area contributed by atoms with Crippen molar-refractivity contribution in [2.45, 2.75) is 50.9 Å². The molecule has 14 heteroatoms. The molecule has 1 aromatic heterocycles. The minimum absolute atomic E-state index is 0.0283. The van der Waals surface area contributed by atoms with Crippen molar-refractivity contribution >= 4 is 35.1 Å². The molecular formula is C31H30Cl2F2N2O8. The van der Waals surface area contributed by atoms with Gasteiger partial charge in [-0.3, -0.25) is 0 Å². The third kappa shape index (κ3) is 8.44. The molecule has 0 spiro atoms. The zero-order valence-corrected chi connectivity index (χ0v) is 25.6. The Balaban J connectivity index is 1.46. The lowest BCUT2D eigenvalue weighted by Gasteiger charge is -2.22. The van der Waals surface area contributed by atoms with Crippen LogP contribution in [0.1, 0.15) is 53.3 Å². The normalized spacial score (nSPS) is 16.7. The first-order valence-electron chi connectivity index (χ1n) is 14.2. The number of carbonyl (C=O) groups excluding carboxylic acids is 2. The van der Waals surface area contributed by atoms with Crippen LogP contribution in [-0.4, -0.2) is 44.9 Å². The fraction of sp³-hybridized carbons (Fsp3) is 0.387. The van der Waals surface area contributed by atoms with Gasteiger partial charge in [0.05, 0.1) is 19.3 Å². The van der Waals surface area contributed by atoms with Crippen LogP contribution in [0.3, 0.4) is 0 Å². The SMILES string of the molecule is COc1ccc(C(=O)OC(Cc2c(Cl)c[n+]([O-])cc2Cl)c2ccc(OC(F)F)c(OCC3CC3)c2)cc1OC(=O)[C@@H]1CCCN1. The Morgan fingerprint density at radius 1 is 1.02 bits per heavy atom. The molecule has 1 aliphatic carbocycles. The van der Waals surface area contributed by atoms with Crippen LogP contribution in [0.4, 0.5) is 8.78 Å². The Kier molecular flexibility index (Phi) is 10.5. The number of benzene rings is 2. The first-order valence-corrected chi connectivity index (χ1v) is 15.0. The van der Waals surface area contributed by atoms with Crippen LogP contribution in [0.25, 0.3) is 0 Å². The summed E-state index contributed by atoms with van der Waals surface area (Å²) in [7, 11) is 1.40. The highest BCUT2D eigenvalue weighted by Crippen LogP contribution is 2.38. The van der Waals surface area contributed by atoms with Crippen LogP contribution in [-0.2, 0) is 16.0 Å². The average molecular weight is 667 g/mol. The lowest BCUT2D eigenvalue weighted by molar-refractivity contribution is -0.605. The van der Waals surface area contributed by atoms with Gasteiger partial charge in [-0.25, -0.2) is 9.59 Å². The Morgan fingerprint density at radius 2 is 1.76 bits per heavy atom. The van der Waals surface area contributed by atoms with Gasteiger partial charge in [-0.15, -0.1) is 0 Å². The number of rotatable bonds is 13. The molecular weight excluding hydrogens is 637 g/mol. The first kappa shape index (κ1) is 32.5. The van der Waals surface area contributed by atoms with Gasteiger partial charge < -0.3 is 34.2 Å². The highest BCUT2D eigenvalue weighted by atomic mass is 35.5. The van der Waals surface area contributed by atoms with Gasteiger partial charge in [-0.1, -0.05) is 29.3 Å². The second-order valence-electron chi connectivity index (χ2n) is 10.7. The van der Waals surface area contributed by atoms with E-state index in [0.717, 1.165) is 31.7 Å². The van der Waals surface area contributed by atoms with Gasteiger partial charge in [-0.05, 0) is 74.0 Å². The number of hydrogen-bond acceptors (Lipinski definition) is 9. The molecule has 45 heavy (non-hydrogen) atoms. The number of hydrogen-bond donors (Lipinski definition) is 1. The molecule has 0 bridgehead atoms. The summed E-state index contributed by atoms with van der Waals surface area (Å²) in [5.41, 5.74) is 0.702. The Bertz CT molecular complexity index is 1530. The molecule has 2 aromatic carbocycles. The van der Waals surface area contributed by atoms with Crippen molar-refractivity contribution in [3.05, 3.63) is 80.7 Å². The van der Waals surface area contributed by atoms with E-state index in [0.29, 0.717) is 41.3 Å². The van der Waals surface area contributed by atoms with E-state index in [2.05, 4.69) is 10.1 Å². The van der Waals surface area contributed by atoms with Gasteiger partial charge in [0, 0.05) is 12.0 Å². The topological polar surface area (TPSA) is 119 Å². The molecule has 2 aliphatic rings. The molecule has 5 rings (SSSR count). The number of nitrogens with one attached hydrogen (secondary N) is 1. The van der Waals surface area contributed by atoms with Crippen LogP contribution in [0.2, 0.25) is 10.0 Å². The maximum Gasteiger partial charge on any atom is 0.387 e. The van der Waals surface area contributed by atoms with Gasteiger partial charge in [0.2, 0.25) is 0 Å². The summed E-state index contributed by atoms with van der Waals surface area (Å²) >= 11 is 12.7. The van der Waals surface area contributed by atoms with Crippen molar-refractivity contribution in [2.24, 2.45) is 5.92 Å². The van der Waals surface area contributed by atoms with E-state index in [4.69, 9.17) is 42.1 Å². The van der Waals surface area contributed by atoms with Crippen molar-refractivity contribution in [2.75, 3.05) is 20.3 Å². The number of aromatic nitrogens is 1. The molecule has 10 nitrogen and oxygen atoms in total. The number of pyridine rings is 1. The van der Waals surface area contributed by atoms with Crippen molar-refractivity contribution in [3.63, 3.8) is 0 Å². The second kappa shape index (κ2) is 14.5. The van der Waals surface area contributed by atoms with Crippen molar-refractivity contribution in [1.82, 2.24) is 5.32 Å². The fourth-order valence-electron chi connectivity index (χ4n) is 4.81. The quantitative estimate of drug-likeness (QED) is 0.104. The summed E-state index contributed by atoms with van der Waals surface area (Å²) in [5, 5.41) is 15.0. The van der Waals surface area contributed by atoms with Crippen molar-refractivity contribution in [3.8, 4) is 23.0 Å². The number of carbonyl (C=O) groups is 2.